The molecule has 1 aromatic carbocycles. The molecule has 1 heterocycles. The Balaban J connectivity index is 1.68. The summed E-state index contributed by atoms with van der Waals surface area (Å²) < 4.78 is 5.09. The van der Waals surface area contributed by atoms with Crippen LogP contribution in [0.25, 0.3) is 0 Å². The molecule has 0 unspecified atom stereocenters. The van der Waals surface area contributed by atoms with Crippen molar-refractivity contribution in [2.24, 2.45) is 5.92 Å². The number of rotatable bonds is 5. The van der Waals surface area contributed by atoms with Gasteiger partial charge in [-0.2, -0.15) is 0 Å². The summed E-state index contributed by atoms with van der Waals surface area (Å²) in [6.45, 7) is 4.78. The Hall–Kier alpha value is -1.62. The number of esters is 1. The van der Waals surface area contributed by atoms with E-state index >= 15 is 0 Å². The lowest BCUT2D eigenvalue weighted by atomic mass is 9.97. The molecule has 0 radical (unpaired) electrons. The van der Waals surface area contributed by atoms with E-state index in [1.165, 1.54) is 5.56 Å². The van der Waals surface area contributed by atoms with E-state index in [0.29, 0.717) is 6.61 Å². The lowest BCUT2D eigenvalue weighted by Gasteiger charge is -2.32. The predicted octanol–water partition coefficient (Wildman–Crippen LogP) is 2.38. The standard InChI is InChI=1S/C17H24N2O2S/c1-2-21-16(20)15-9-12-19(13-10-15)17(22)18-11-8-14-6-4-3-5-7-14/h3-7,15H,2,8-13H2,1H3,(H,18,22). The first-order valence-corrected chi connectivity index (χ1v) is 8.35. The van der Waals surface area contributed by atoms with Crippen molar-refractivity contribution in [3.8, 4) is 0 Å². The van der Waals surface area contributed by atoms with E-state index < -0.39 is 0 Å². The van der Waals surface area contributed by atoms with Gasteiger partial charge in [0.05, 0.1) is 12.5 Å². The van der Waals surface area contributed by atoms with Crippen molar-refractivity contribution in [2.75, 3.05) is 26.2 Å². The van der Waals surface area contributed by atoms with Gasteiger partial charge in [0.1, 0.15) is 0 Å². The molecule has 0 amide bonds. The average molecular weight is 320 g/mol. The maximum Gasteiger partial charge on any atom is 0.309 e. The number of thiocarbonyl (C=S) groups is 1. The van der Waals surface area contributed by atoms with Crippen molar-refractivity contribution in [1.82, 2.24) is 10.2 Å². The van der Waals surface area contributed by atoms with Gasteiger partial charge in [-0.3, -0.25) is 4.79 Å². The molecule has 5 heteroatoms. The van der Waals surface area contributed by atoms with Gasteiger partial charge in [0, 0.05) is 19.6 Å². The largest absolute Gasteiger partial charge is 0.466 e. The van der Waals surface area contributed by atoms with Crippen LogP contribution in [-0.2, 0) is 16.0 Å². The molecule has 1 aliphatic rings. The highest BCUT2D eigenvalue weighted by molar-refractivity contribution is 7.80. The van der Waals surface area contributed by atoms with Gasteiger partial charge in [-0.05, 0) is 44.0 Å². The fourth-order valence-electron chi connectivity index (χ4n) is 2.65. The van der Waals surface area contributed by atoms with Gasteiger partial charge in [0.15, 0.2) is 5.11 Å². The summed E-state index contributed by atoms with van der Waals surface area (Å²) in [7, 11) is 0. The third-order valence-corrected chi connectivity index (χ3v) is 4.34. The van der Waals surface area contributed by atoms with Crippen LogP contribution in [0.1, 0.15) is 25.3 Å². The average Bonchev–Trinajstić information content (AvgIpc) is 2.56. The van der Waals surface area contributed by atoms with Gasteiger partial charge in [-0.15, -0.1) is 0 Å². The first kappa shape index (κ1) is 16.7. The van der Waals surface area contributed by atoms with E-state index in [0.717, 1.165) is 44.0 Å². The molecule has 1 aliphatic heterocycles. The van der Waals surface area contributed by atoms with Gasteiger partial charge in [0.2, 0.25) is 0 Å². The summed E-state index contributed by atoms with van der Waals surface area (Å²) in [4.78, 5) is 13.9. The summed E-state index contributed by atoms with van der Waals surface area (Å²) in [5.41, 5.74) is 1.30. The third-order valence-electron chi connectivity index (χ3n) is 3.93. The van der Waals surface area contributed by atoms with Crippen LogP contribution in [0, 0.1) is 5.92 Å². The number of carbonyl (C=O) groups excluding carboxylic acids is 1. The minimum atomic E-state index is -0.0647. The minimum absolute atomic E-state index is 0.0309. The van der Waals surface area contributed by atoms with Crippen molar-refractivity contribution in [2.45, 2.75) is 26.2 Å². The maximum absolute atomic E-state index is 11.7. The van der Waals surface area contributed by atoms with E-state index in [4.69, 9.17) is 17.0 Å². The summed E-state index contributed by atoms with van der Waals surface area (Å²) in [5.74, 6) is -0.0339. The molecule has 4 nitrogen and oxygen atoms in total. The zero-order valence-electron chi connectivity index (χ0n) is 13.1. The number of benzene rings is 1. The number of carbonyl (C=O) groups is 1. The second-order valence-corrected chi connectivity index (χ2v) is 5.87. The first-order valence-electron chi connectivity index (χ1n) is 7.94. The molecule has 120 valence electrons. The van der Waals surface area contributed by atoms with E-state index in [2.05, 4.69) is 22.3 Å². The second kappa shape index (κ2) is 8.73. The van der Waals surface area contributed by atoms with Gasteiger partial charge in [-0.25, -0.2) is 0 Å². The molecule has 22 heavy (non-hydrogen) atoms. The van der Waals surface area contributed by atoms with Crippen molar-refractivity contribution in [1.29, 1.82) is 0 Å². The second-order valence-electron chi connectivity index (χ2n) is 5.48. The Bertz CT molecular complexity index is 485. The monoisotopic (exact) mass is 320 g/mol. The van der Waals surface area contributed by atoms with E-state index in [1.54, 1.807) is 0 Å². The Labute approximate surface area is 137 Å². The van der Waals surface area contributed by atoms with Crippen LogP contribution in [0.4, 0.5) is 0 Å². The molecule has 1 aromatic rings. The van der Waals surface area contributed by atoms with Crippen LogP contribution < -0.4 is 5.32 Å². The molecule has 0 bridgehead atoms. The molecule has 1 fully saturated rings. The topological polar surface area (TPSA) is 41.6 Å². The first-order chi connectivity index (χ1) is 10.7. The van der Waals surface area contributed by atoms with E-state index in [-0.39, 0.29) is 11.9 Å². The molecular weight excluding hydrogens is 296 g/mol. The van der Waals surface area contributed by atoms with Gasteiger partial charge >= 0.3 is 5.97 Å². The van der Waals surface area contributed by atoms with Crippen LogP contribution in [0.3, 0.4) is 0 Å². The quantitative estimate of drug-likeness (QED) is 0.666. The molecule has 1 N–H and O–H groups in total. The zero-order chi connectivity index (χ0) is 15.8. The lowest BCUT2D eigenvalue weighted by molar-refractivity contribution is -0.149. The van der Waals surface area contributed by atoms with Crippen LogP contribution in [0.5, 0.6) is 0 Å². The summed E-state index contributed by atoms with van der Waals surface area (Å²) in [5, 5.41) is 4.10. The SMILES string of the molecule is CCOC(=O)C1CCN(C(=S)NCCc2ccccc2)CC1. The Morgan fingerprint density at radius 1 is 1.32 bits per heavy atom. The number of ether oxygens (including phenoxy) is 1. The molecule has 0 spiro atoms. The van der Waals surface area contributed by atoms with Crippen LogP contribution in [0.15, 0.2) is 30.3 Å². The molecule has 0 atom stereocenters. The number of piperidine rings is 1. The summed E-state index contributed by atoms with van der Waals surface area (Å²) in [6.07, 6.45) is 2.60. The number of nitrogens with zero attached hydrogens (tertiary/aromatic N) is 1. The van der Waals surface area contributed by atoms with Crippen molar-refractivity contribution < 1.29 is 9.53 Å². The van der Waals surface area contributed by atoms with Gasteiger partial charge in [-0.1, -0.05) is 30.3 Å². The van der Waals surface area contributed by atoms with E-state index in [9.17, 15) is 4.79 Å². The molecule has 0 saturated carbocycles. The maximum atomic E-state index is 11.7. The highest BCUT2D eigenvalue weighted by Gasteiger charge is 2.26. The fraction of sp³-hybridized carbons (Fsp3) is 0.529. The smallest absolute Gasteiger partial charge is 0.309 e. The molecule has 1 saturated heterocycles. The Morgan fingerprint density at radius 2 is 2.00 bits per heavy atom. The normalized spacial score (nSPS) is 15.4. The highest BCUT2D eigenvalue weighted by Crippen LogP contribution is 2.18. The Kier molecular flexibility index (Phi) is 6.65. The third kappa shape index (κ3) is 4.98. The number of hydrogen-bond acceptors (Lipinski definition) is 3. The van der Waals surface area contributed by atoms with Gasteiger partial charge < -0.3 is 15.0 Å². The van der Waals surface area contributed by atoms with Crippen LogP contribution in [0.2, 0.25) is 0 Å². The van der Waals surface area contributed by atoms with Crippen molar-refractivity contribution >= 4 is 23.3 Å². The van der Waals surface area contributed by atoms with E-state index in [1.807, 2.05) is 25.1 Å². The number of nitrogens with one attached hydrogen (secondary N) is 1. The summed E-state index contributed by atoms with van der Waals surface area (Å²) in [6, 6.07) is 10.4. The molecule has 0 aliphatic carbocycles. The predicted molar refractivity (Wildman–Crippen MR) is 91.7 cm³/mol. The summed E-state index contributed by atoms with van der Waals surface area (Å²) >= 11 is 5.44. The lowest BCUT2D eigenvalue weighted by Crippen LogP contribution is -2.45. The van der Waals surface area contributed by atoms with Gasteiger partial charge in [0.25, 0.3) is 0 Å². The minimum Gasteiger partial charge on any atom is -0.466 e. The van der Waals surface area contributed by atoms with Crippen LogP contribution >= 0.6 is 12.2 Å². The van der Waals surface area contributed by atoms with Crippen LogP contribution in [-0.4, -0.2) is 42.2 Å². The molecular formula is C17H24N2O2S. The fourth-order valence-corrected chi connectivity index (χ4v) is 2.93. The van der Waals surface area contributed by atoms with Crippen molar-refractivity contribution in [3.63, 3.8) is 0 Å². The number of hydrogen-bond donors (Lipinski definition) is 1. The highest BCUT2D eigenvalue weighted by atomic mass is 32.1. The zero-order valence-corrected chi connectivity index (χ0v) is 13.9. The number of likely N-dealkylation sites (tertiary alicyclic amines) is 1. The van der Waals surface area contributed by atoms with Crippen molar-refractivity contribution in [3.05, 3.63) is 35.9 Å². The Morgan fingerprint density at radius 3 is 2.64 bits per heavy atom. The molecule has 0 aromatic heterocycles. The molecule has 2 rings (SSSR count).